The van der Waals surface area contributed by atoms with E-state index < -0.39 is 10.0 Å². The van der Waals surface area contributed by atoms with Gasteiger partial charge in [-0.3, -0.25) is 4.90 Å². The van der Waals surface area contributed by atoms with E-state index in [1.54, 1.807) is 13.2 Å². The summed E-state index contributed by atoms with van der Waals surface area (Å²) in [5.41, 5.74) is 0.978. The van der Waals surface area contributed by atoms with E-state index in [2.05, 4.69) is 9.62 Å². The van der Waals surface area contributed by atoms with E-state index in [9.17, 15) is 8.42 Å². The molecule has 0 bridgehead atoms. The third-order valence-electron chi connectivity index (χ3n) is 5.10. The van der Waals surface area contributed by atoms with Crippen LogP contribution in [0.3, 0.4) is 0 Å². The van der Waals surface area contributed by atoms with Gasteiger partial charge in [0.1, 0.15) is 5.75 Å². The summed E-state index contributed by atoms with van der Waals surface area (Å²) < 4.78 is 49.9. The highest BCUT2D eigenvalue weighted by Crippen LogP contribution is 2.30. The number of nitrogens with zero attached hydrogens (tertiary/aromatic N) is 1. The topological polar surface area (TPSA) is 86.3 Å². The molecule has 1 heterocycles. The van der Waals surface area contributed by atoms with E-state index in [1.165, 1.54) is 26.4 Å². The number of hydrogen-bond acceptors (Lipinski definition) is 7. The van der Waals surface area contributed by atoms with Crippen molar-refractivity contribution < 1.29 is 27.4 Å². The molecule has 2 aromatic rings. The summed E-state index contributed by atoms with van der Waals surface area (Å²) in [7, 11) is 0.840. The lowest BCUT2D eigenvalue weighted by molar-refractivity contribution is 0.0171. The number of benzene rings is 2. The van der Waals surface area contributed by atoms with Gasteiger partial charge in [-0.2, -0.15) is 0 Å². The summed E-state index contributed by atoms with van der Waals surface area (Å²) in [6.45, 7) is 2.88. The summed E-state index contributed by atoms with van der Waals surface area (Å²) in [5, 5.41) is 0. The van der Waals surface area contributed by atoms with Crippen molar-refractivity contribution in [2.45, 2.75) is 10.9 Å². The van der Waals surface area contributed by atoms with Gasteiger partial charge < -0.3 is 18.9 Å². The van der Waals surface area contributed by atoms with Gasteiger partial charge in [0.25, 0.3) is 0 Å². The first kappa shape index (κ1) is 22.4. The van der Waals surface area contributed by atoms with Crippen molar-refractivity contribution in [3.63, 3.8) is 0 Å². The summed E-state index contributed by atoms with van der Waals surface area (Å²) in [6.07, 6.45) is 0. The molecule has 0 spiro atoms. The van der Waals surface area contributed by atoms with Gasteiger partial charge in [0, 0.05) is 31.7 Å². The summed E-state index contributed by atoms with van der Waals surface area (Å²) in [4.78, 5) is 2.33. The molecule has 0 aliphatic carbocycles. The van der Waals surface area contributed by atoms with Crippen LogP contribution in [0.2, 0.25) is 0 Å². The van der Waals surface area contributed by atoms with Crippen LogP contribution in [0.15, 0.2) is 47.4 Å². The Morgan fingerprint density at radius 1 is 1.00 bits per heavy atom. The van der Waals surface area contributed by atoms with Gasteiger partial charge in [0.2, 0.25) is 10.0 Å². The van der Waals surface area contributed by atoms with E-state index in [1.807, 2.05) is 24.3 Å². The van der Waals surface area contributed by atoms with Crippen molar-refractivity contribution in [3.8, 4) is 17.2 Å². The average molecular weight is 437 g/mol. The van der Waals surface area contributed by atoms with Gasteiger partial charge in [-0.1, -0.05) is 12.1 Å². The predicted octanol–water partition coefficient (Wildman–Crippen LogP) is 2.06. The van der Waals surface area contributed by atoms with Crippen LogP contribution in [0.25, 0.3) is 0 Å². The quantitative estimate of drug-likeness (QED) is 0.644. The van der Waals surface area contributed by atoms with E-state index in [0.717, 1.165) is 24.4 Å². The molecule has 9 heteroatoms. The maximum atomic E-state index is 13.0. The Balaban J connectivity index is 1.83. The van der Waals surface area contributed by atoms with Crippen molar-refractivity contribution in [2.24, 2.45) is 0 Å². The van der Waals surface area contributed by atoms with Crippen LogP contribution in [0.5, 0.6) is 17.2 Å². The van der Waals surface area contributed by atoms with Crippen LogP contribution in [0, 0.1) is 0 Å². The molecule has 1 saturated heterocycles. The molecular weight excluding hydrogens is 408 g/mol. The van der Waals surface area contributed by atoms with E-state index in [4.69, 9.17) is 18.9 Å². The fourth-order valence-electron chi connectivity index (χ4n) is 3.45. The van der Waals surface area contributed by atoms with Crippen LogP contribution < -0.4 is 18.9 Å². The maximum Gasteiger partial charge on any atom is 0.240 e. The molecule has 1 N–H and O–H groups in total. The van der Waals surface area contributed by atoms with Crippen LogP contribution in [-0.2, 0) is 14.8 Å². The lowest BCUT2D eigenvalue weighted by Crippen LogP contribution is -2.43. The molecule has 30 heavy (non-hydrogen) atoms. The SMILES string of the molecule is COc1cccc(C(CNS(=O)(=O)c2ccc(OC)c(OC)c2)N2CCOCC2)c1. The van der Waals surface area contributed by atoms with Crippen molar-refractivity contribution in [1.82, 2.24) is 9.62 Å². The van der Waals surface area contributed by atoms with Crippen LogP contribution >= 0.6 is 0 Å². The van der Waals surface area contributed by atoms with Gasteiger partial charge in [-0.15, -0.1) is 0 Å². The molecule has 1 aliphatic rings. The first-order valence-electron chi connectivity index (χ1n) is 9.66. The first-order valence-corrected chi connectivity index (χ1v) is 11.1. The highest BCUT2D eigenvalue weighted by molar-refractivity contribution is 7.89. The smallest absolute Gasteiger partial charge is 0.240 e. The first-order chi connectivity index (χ1) is 14.5. The third-order valence-corrected chi connectivity index (χ3v) is 6.52. The summed E-state index contributed by atoms with van der Waals surface area (Å²) in [5.74, 6) is 1.56. The Bertz CT molecular complexity index is 944. The summed E-state index contributed by atoms with van der Waals surface area (Å²) in [6, 6.07) is 12.1. The lowest BCUT2D eigenvalue weighted by atomic mass is 10.0. The standard InChI is InChI=1S/C21H28N2O6S/c1-26-17-6-4-5-16(13-17)19(23-9-11-29-12-10-23)15-22-30(24,25)18-7-8-20(27-2)21(14-18)28-3/h4-8,13-14,19,22H,9-12,15H2,1-3H3. The second kappa shape index (κ2) is 10.1. The minimum Gasteiger partial charge on any atom is -0.497 e. The molecular formula is C21H28N2O6S. The molecule has 1 atom stereocenters. The fourth-order valence-corrected chi connectivity index (χ4v) is 4.50. The van der Waals surface area contributed by atoms with Gasteiger partial charge in [0.05, 0.1) is 39.4 Å². The molecule has 0 saturated carbocycles. The normalized spacial score (nSPS) is 16.1. The summed E-state index contributed by atoms with van der Waals surface area (Å²) >= 11 is 0. The van der Waals surface area contributed by atoms with E-state index in [0.29, 0.717) is 24.7 Å². The zero-order chi connectivity index (χ0) is 21.6. The van der Waals surface area contributed by atoms with Crippen molar-refractivity contribution in [3.05, 3.63) is 48.0 Å². The molecule has 1 fully saturated rings. The highest BCUT2D eigenvalue weighted by Gasteiger charge is 2.26. The number of rotatable bonds is 9. The maximum absolute atomic E-state index is 13.0. The lowest BCUT2D eigenvalue weighted by Gasteiger charge is -2.35. The van der Waals surface area contributed by atoms with Crippen LogP contribution in [-0.4, -0.2) is 67.5 Å². The Labute approximate surface area is 177 Å². The monoisotopic (exact) mass is 436 g/mol. The molecule has 2 aromatic carbocycles. The van der Waals surface area contributed by atoms with Crippen molar-refractivity contribution in [1.29, 1.82) is 0 Å². The number of ether oxygens (including phenoxy) is 4. The minimum absolute atomic E-state index is 0.117. The fraction of sp³-hybridized carbons (Fsp3) is 0.429. The molecule has 0 amide bonds. The molecule has 1 aliphatic heterocycles. The van der Waals surface area contributed by atoms with E-state index in [-0.39, 0.29) is 17.5 Å². The zero-order valence-corrected chi connectivity index (χ0v) is 18.3. The van der Waals surface area contributed by atoms with Gasteiger partial charge >= 0.3 is 0 Å². The Morgan fingerprint density at radius 2 is 1.73 bits per heavy atom. The van der Waals surface area contributed by atoms with E-state index >= 15 is 0 Å². The Hall–Kier alpha value is -2.33. The number of methoxy groups -OCH3 is 3. The second-order valence-corrected chi connectivity index (χ2v) is 8.58. The predicted molar refractivity (Wildman–Crippen MR) is 113 cm³/mol. The number of nitrogens with one attached hydrogen (secondary N) is 1. The van der Waals surface area contributed by atoms with Crippen molar-refractivity contribution in [2.75, 3.05) is 54.2 Å². The largest absolute Gasteiger partial charge is 0.497 e. The van der Waals surface area contributed by atoms with Gasteiger partial charge in [-0.25, -0.2) is 13.1 Å². The zero-order valence-electron chi connectivity index (χ0n) is 17.5. The van der Waals surface area contributed by atoms with Gasteiger partial charge in [0.15, 0.2) is 11.5 Å². The number of hydrogen-bond donors (Lipinski definition) is 1. The molecule has 164 valence electrons. The average Bonchev–Trinajstić information content (AvgIpc) is 2.79. The second-order valence-electron chi connectivity index (χ2n) is 6.81. The van der Waals surface area contributed by atoms with Crippen LogP contribution in [0.1, 0.15) is 11.6 Å². The molecule has 0 radical (unpaired) electrons. The van der Waals surface area contributed by atoms with Crippen molar-refractivity contribution >= 4 is 10.0 Å². The Morgan fingerprint density at radius 3 is 2.40 bits per heavy atom. The molecule has 8 nitrogen and oxygen atoms in total. The third kappa shape index (κ3) is 5.23. The number of sulfonamides is 1. The number of morpholine rings is 1. The highest BCUT2D eigenvalue weighted by atomic mass is 32.2. The molecule has 0 aromatic heterocycles. The molecule has 1 unspecified atom stereocenters. The minimum atomic E-state index is -3.75. The van der Waals surface area contributed by atoms with Gasteiger partial charge in [-0.05, 0) is 29.8 Å². The molecule has 3 rings (SSSR count). The Kier molecular flexibility index (Phi) is 7.54. The van der Waals surface area contributed by atoms with Crippen LogP contribution in [0.4, 0.5) is 0 Å².